The van der Waals surface area contributed by atoms with Gasteiger partial charge in [-0.15, -0.1) is 0 Å². The molecule has 0 aliphatic heterocycles. The van der Waals surface area contributed by atoms with Gasteiger partial charge in [0.2, 0.25) is 0 Å². The third-order valence-electron chi connectivity index (χ3n) is 3.99. The van der Waals surface area contributed by atoms with Crippen LogP contribution >= 0.6 is 0 Å². The lowest BCUT2D eigenvalue weighted by atomic mass is 9.82. The van der Waals surface area contributed by atoms with Crippen molar-refractivity contribution in [1.82, 2.24) is 9.97 Å². The summed E-state index contributed by atoms with van der Waals surface area (Å²) >= 11 is 0. The van der Waals surface area contributed by atoms with E-state index in [-0.39, 0.29) is 0 Å². The number of rotatable bonds is 3. The van der Waals surface area contributed by atoms with Gasteiger partial charge in [-0.2, -0.15) is 0 Å². The van der Waals surface area contributed by atoms with E-state index in [0.29, 0.717) is 11.7 Å². The maximum Gasteiger partial charge on any atom is 0.143 e. The largest absolute Gasteiger partial charge is 0.308 e. The second-order valence-corrected chi connectivity index (χ2v) is 5.24. The molecule has 1 heterocycles. The molecule has 20 heavy (non-hydrogen) atoms. The van der Waals surface area contributed by atoms with Crippen molar-refractivity contribution in [2.45, 2.75) is 38.5 Å². The Hall–Kier alpha value is -1.94. The normalized spacial score (nSPS) is 17.6. The summed E-state index contributed by atoms with van der Waals surface area (Å²) in [5.41, 5.74) is 6.49. The average molecular weight is 268 g/mol. The number of nitrogen functional groups attached to an aromatic ring is 1. The van der Waals surface area contributed by atoms with Crippen molar-refractivity contribution in [2.24, 2.45) is 5.84 Å². The summed E-state index contributed by atoms with van der Waals surface area (Å²) in [5.74, 6) is 7.41. The summed E-state index contributed by atoms with van der Waals surface area (Å²) in [7, 11) is 0. The van der Waals surface area contributed by atoms with Crippen LogP contribution in [0.1, 0.15) is 48.3 Å². The standard InChI is InChI=1S/C16H20N4/c1-2-12-10-15(20-17)19-16(18-12)14-9-5-7-11-6-3-4-8-13(11)14/h3-4,6,8,10,14H,2,5,7,9,17H2,1H3,(H,18,19,20). The predicted octanol–water partition coefficient (Wildman–Crippen LogP) is 2.79. The monoisotopic (exact) mass is 268 g/mol. The Balaban J connectivity index is 2.05. The molecule has 1 unspecified atom stereocenters. The van der Waals surface area contributed by atoms with Crippen LogP contribution in [0, 0.1) is 0 Å². The van der Waals surface area contributed by atoms with Crippen LogP contribution < -0.4 is 11.3 Å². The van der Waals surface area contributed by atoms with Gasteiger partial charge in [0.1, 0.15) is 11.6 Å². The molecule has 3 rings (SSSR count). The molecule has 0 fully saturated rings. The first-order chi connectivity index (χ1) is 9.81. The first-order valence-corrected chi connectivity index (χ1v) is 7.24. The minimum absolute atomic E-state index is 0.290. The van der Waals surface area contributed by atoms with Crippen molar-refractivity contribution in [2.75, 3.05) is 5.43 Å². The molecule has 0 radical (unpaired) electrons. The molecule has 104 valence electrons. The number of hydrogen-bond acceptors (Lipinski definition) is 4. The van der Waals surface area contributed by atoms with Crippen LogP contribution in [0.5, 0.6) is 0 Å². The number of hydrazine groups is 1. The molecule has 1 aliphatic carbocycles. The van der Waals surface area contributed by atoms with E-state index < -0.39 is 0 Å². The molecule has 0 spiro atoms. The quantitative estimate of drug-likeness (QED) is 0.663. The summed E-state index contributed by atoms with van der Waals surface area (Å²) in [5, 5.41) is 0. The van der Waals surface area contributed by atoms with Crippen LogP contribution in [0.4, 0.5) is 5.82 Å². The number of aryl methyl sites for hydroxylation is 2. The van der Waals surface area contributed by atoms with Crippen LogP contribution in [-0.2, 0) is 12.8 Å². The zero-order valence-corrected chi connectivity index (χ0v) is 11.8. The van der Waals surface area contributed by atoms with Gasteiger partial charge >= 0.3 is 0 Å². The third-order valence-corrected chi connectivity index (χ3v) is 3.99. The van der Waals surface area contributed by atoms with Gasteiger partial charge in [-0.05, 0) is 36.8 Å². The number of hydrogen-bond donors (Lipinski definition) is 2. The number of fused-ring (bicyclic) bond motifs is 1. The van der Waals surface area contributed by atoms with Gasteiger partial charge in [0.05, 0.1) is 0 Å². The van der Waals surface area contributed by atoms with Crippen molar-refractivity contribution in [3.63, 3.8) is 0 Å². The Bertz CT molecular complexity index is 587. The van der Waals surface area contributed by atoms with Crippen molar-refractivity contribution in [3.8, 4) is 0 Å². The highest BCUT2D eigenvalue weighted by atomic mass is 15.3. The van der Waals surface area contributed by atoms with Crippen LogP contribution in [0.3, 0.4) is 0 Å². The Morgan fingerprint density at radius 1 is 1.30 bits per heavy atom. The van der Waals surface area contributed by atoms with E-state index in [2.05, 4.69) is 41.6 Å². The van der Waals surface area contributed by atoms with E-state index in [1.54, 1.807) is 0 Å². The summed E-state index contributed by atoms with van der Waals surface area (Å²) in [6, 6.07) is 10.5. The Labute approximate surface area is 119 Å². The molecule has 2 aromatic rings. The minimum Gasteiger partial charge on any atom is -0.308 e. The van der Waals surface area contributed by atoms with Crippen molar-refractivity contribution in [3.05, 3.63) is 53.0 Å². The second-order valence-electron chi connectivity index (χ2n) is 5.24. The van der Waals surface area contributed by atoms with E-state index in [0.717, 1.165) is 30.8 Å². The second kappa shape index (κ2) is 5.59. The van der Waals surface area contributed by atoms with Gasteiger partial charge in [-0.1, -0.05) is 31.2 Å². The van der Waals surface area contributed by atoms with E-state index in [9.17, 15) is 0 Å². The SMILES string of the molecule is CCc1cc(NN)nc(C2CCCc3ccccc32)n1. The summed E-state index contributed by atoms with van der Waals surface area (Å²) in [4.78, 5) is 9.29. The summed E-state index contributed by atoms with van der Waals surface area (Å²) < 4.78 is 0. The number of anilines is 1. The van der Waals surface area contributed by atoms with Gasteiger partial charge in [0.25, 0.3) is 0 Å². The van der Waals surface area contributed by atoms with Gasteiger partial charge in [0.15, 0.2) is 0 Å². The fraction of sp³-hybridized carbons (Fsp3) is 0.375. The van der Waals surface area contributed by atoms with Crippen molar-refractivity contribution >= 4 is 5.82 Å². The molecule has 0 bridgehead atoms. The smallest absolute Gasteiger partial charge is 0.143 e. The number of nitrogens with one attached hydrogen (secondary N) is 1. The van der Waals surface area contributed by atoms with E-state index >= 15 is 0 Å². The van der Waals surface area contributed by atoms with Gasteiger partial charge in [-0.3, -0.25) is 0 Å². The molecule has 1 aromatic carbocycles. The molecule has 1 aliphatic rings. The molecule has 0 saturated heterocycles. The highest BCUT2D eigenvalue weighted by molar-refractivity contribution is 5.40. The van der Waals surface area contributed by atoms with Gasteiger partial charge < -0.3 is 5.43 Å². The van der Waals surface area contributed by atoms with Crippen LogP contribution in [-0.4, -0.2) is 9.97 Å². The molecule has 4 nitrogen and oxygen atoms in total. The summed E-state index contributed by atoms with van der Waals surface area (Å²) in [6.07, 6.45) is 4.33. The average Bonchev–Trinajstić information content (AvgIpc) is 2.53. The zero-order valence-electron chi connectivity index (χ0n) is 11.8. The van der Waals surface area contributed by atoms with E-state index in [4.69, 9.17) is 10.8 Å². The van der Waals surface area contributed by atoms with Gasteiger partial charge in [0, 0.05) is 17.7 Å². The molecule has 3 N–H and O–H groups in total. The topological polar surface area (TPSA) is 63.8 Å². The van der Waals surface area contributed by atoms with Crippen LogP contribution in [0.15, 0.2) is 30.3 Å². The molecular formula is C16H20N4. The Morgan fingerprint density at radius 3 is 2.95 bits per heavy atom. The molecule has 0 amide bonds. The number of nitrogens with zero attached hydrogens (tertiary/aromatic N) is 2. The predicted molar refractivity (Wildman–Crippen MR) is 80.4 cm³/mol. The molecular weight excluding hydrogens is 248 g/mol. The minimum atomic E-state index is 0.290. The van der Waals surface area contributed by atoms with E-state index in [1.807, 2.05) is 6.07 Å². The Morgan fingerprint density at radius 2 is 2.15 bits per heavy atom. The fourth-order valence-corrected chi connectivity index (χ4v) is 2.95. The first-order valence-electron chi connectivity index (χ1n) is 7.24. The lowest BCUT2D eigenvalue weighted by Crippen LogP contribution is -2.17. The Kier molecular flexibility index (Phi) is 3.65. The van der Waals surface area contributed by atoms with Crippen molar-refractivity contribution < 1.29 is 0 Å². The fourth-order valence-electron chi connectivity index (χ4n) is 2.95. The highest BCUT2D eigenvalue weighted by Crippen LogP contribution is 2.35. The summed E-state index contributed by atoms with van der Waals surface area (Å²) in [6.45, 7) is 2.10. The maximum atomic E-state index is 5.53. The van der Waals surface area contributed by atoms with E-state index in [1.165, 1.54) is 17.5 Å². The van der Waals surface area contributed by atoms with Crippen LogP contribution in [0.25, 0.3) is 0 Å². The van der Waals surface area contributed by atoms with Gasteiger partial charge in [-0.25, -0.2) is 15.8 Å². The lowest BCUT2D eigenvalue weighted by Gasteiger charge is -2.24. The first kappa shape index (κ1) is 13.1. The van der Waals surface area contributed by atoms with Crippen molar-refractivity contribution in [1.29, 1.82) is 0 Å². The number of aromatic nitrogens is 2. The van der Waals surface area contributed by atoms with Crippen LogP contribution in [0.2, 0.25) is 0 Å². The molecule has 1 atom stereocenters. The number of benzene rings is 1. The molecule has 1 aromatic heterocycles. The third kappa shape index (κ3) is 2.39. The molecule has 4 heteroatoms. The zero-order chi connectivity index (χ0) is 13.9. The lowest BCUT2D eigenvalue weighted by molar-refractivity contribution is 0.588. The highest BCUT2D eigenvalue weighted by Gasteiger charge is 2.24. The number of nitrogens with two attached hydrogens (primary N) is 1. The molecule has 0 saturated carbocycles. The maximum absolute atomic E-state index is 5.53.